The van der Waals surface area contributed by atoms with E-state index in [2.05, 4.69) is 6.92 Å². The lowest BCUT2D eigenvalue weighted by Crippen LogP contribution is -2.01. The zero-order chi connectivity index (χ0) is 18.1. The molecule has 0 aliphatic heterocycles. The van der Waals surface area contributed by atoms with Crippen LogP contribution < -0.4 is 9.47 Å². The molecule has 0 unspecified atom stereocenters. The number of hydrogen-bond donors (Lipinski definition) is 1. The van der Waals surface area contributed by atoms with Crippen LogP contribution in [0.5, 0.6) is 11.5 Å². The van der Waals surface area contributed by atoms with E-state index < -0.39 is 5.97 Å². The van der Waals surface area contributed by atoms with Crippen LogP contribution in [-0.4, -0.2) is 24.8 Å². The Bertz CT molecular complexity index is 720. The van der Waals surface area contributed by atoms with Crippen molar-refractivity contribution in [3.8, 4) is 11.5 Å². The number of rotatable bonds is 9. The van der Waals surface area contributed by atoms with E-state index in [-0.39, 0.29) is 5.57 Å². The average molecular weight is 340 g/mol. The number of carboxylic acids is 1. The summed E-state index contributed by atoms with van der Waals surface area (Å²) in [6, 6.07) is 14.5. The van der Waals surface area contributed by atoms with E-state index in [1.807, 2.05) is 30.3 Å². The van der Waals surface area contributed by atoms with Crippen molar-refractivity contribution in [1.29, 1.82) is 0 Å². The molecule has 0 heterocycles. The van der Waals surface area contributed by atoms with E-state index in [9.17, 15) is 9.90 Å². The van der Waals surface area contributed by atoms with Crippen LogP contribution in [0.15, 0.2) is 48.5 Å². The SMILES string of the molecule is CCCCCOc1cc(/C=C(\C(=O)O)c2ccccc2)ccc1OC. The predicted octanol–water partition coefficient (Wildman–Crippen LogP) is 4.89. The lowest BCUT2D eigenvalue weighted by Gasteiger charge is -2.12. The van der Waals surface area contributed by atoms with E-state index in [0.717, 1.165) is 24.8 Å². The molecular formula is C21H24O4. The number of benzene rings is 2. The van der Waals surface area contributed by atoms with Crippen molar-refractivity contribution in [3.63, 3.8) is 0 Å². The highest BCUT2D eigenvalue weighted by atomic mass is 16.5. The van der Waals surface area contributed by atoms with Crippen LogP contribution in [0.1, 0.15) is 37.3 Å². The van der Waals surface area contributed by atoms with Gasteiger partial charge in [-0.3, -0.25) is 0 Å². The Morgan fingerprint density at radius 1 is 1.08 bits per heavy atom. The number of hydrogen-bond acceptors (Lipinski definition) is 3. The van der Waals surface area contributed by atoms with Crippen molar-refractivity contribution in [2.24, 2.45) is 0 Å². The van der Waals surface area contributed by atoms with Gasteiger partial charge in [-0.05, 0) is 35.8 Å². The number of methoxy groups -OCH3 is 1. The molecule has 25 heavy (non-hydrogen) atoms. The third-order valence-electron chi connectivity index (χ3n) is 3.82. The highest BCUT2D eigenvalue weighted by molar-refractivity contribution is 6.20. The van der Waals surface area contributed by atoms with Gasteiger partial charge < -0.3 is 14.6 Å². The Kier molecular flexibility index (Phi) is 7.08. The summed E-state index contributed by atoms with van der Waals surface area (Å²) >= 11 is 0. The van der Waals surface area contributed by atoms with E-state index in [4.69, 9.17) is 9.47 Å². The number of unbranched alkanes of at least 4 members (excludes halogenated alkanes) is 2. The molecule has 2 aromatic carbocycles. The molecule has 2 rings (SSSR count). The average Bonchev–Trinajstić information content (AvgIpc) is 2.64. The van der Waals surface area contributed by atoms with Gasteiger partial charge >= 0.3 is 5.97 Å². The summed E-state index contributed by atoms with van der Waals surface area (Å²) in [6.07, 6.45) is 4.86. The first kappa shape index (κ1) is 18.6. The molecule has 0 amide bonds. The van der Waals surface area contributed by atoms with Crippen LogP contribution in [0.3, 0.4) is 0 Å². The number of aliphatic carboxylic acids is 1. The van der Waals surface area contributed by atoms with Crippen molar-refractivity contribution < 1.29 is 19.4 Å². The molecule has 0 saturated heterocycles. The molecular weight excluding hydrogens is 316 g/mol. The second-order valence-corrected chi connectivity index (χ2v) is 5.70. The zero-order valence-corrected chi connectivity index (χ0v) is 14.7. The van der Waals surface area contributed by atoms with Gasteiger partial charge in [0.05, 0.1) is 19.3 Å². The molecule has 2 aromatic rings. The van der Waals surface area contributed by atoms with Crippen LogP contribution >= 0.6 is 0 Å². The van der Waals surface area contributed by atoms with E-state index in [1.54, 1.807) is 31.4 Å². The van der Waals surface area contributed by atoms with Gasteiger partial charge in [-0.1, -0.05) is 56.2 Å². The molecule has 0 aromatic heterocycles. The minimum Gasteiger partial charge on any atom is -0.493 e. The minimum atomic E-state index is -0.965. The second-order valence-electron chi connectivity index (χ2n) is 5.70. The molecule has 0 spiro atoms. The molecule has 132 valence electrons. The van der Waals surface area contributed by atoms with Crippen LogP contribution in [0.2, 0.25) is 0 Å². The van der Waals surface area contributed by atoms with Crippen molar-refractivity contribution >= 4 is 17.6 Å². The van der Waals surface area contributed by atoms with Crippen LogP contribution in [0.25, 0.3) is 11.6 Å². The maximum absolute atomic E-state index is 11.6. The summed E-state index contributed by atoms with van der Waals surface area (Å²) in [5, 5.41) is 9.53. The highest BCUT2D eigenvalue weighted by Gasteiger charge is 2.11. The first-order valence-electron chi connectivity index (χ1n) is 8.47. The zero-order valence-electron chi connectivity index (χ0n) is 14.7. The Labute approximate surface area is 148 Å². The van der Waals surface area contributed by atoms with E-state index in [1.165, 1.54) is 0 Å². The van der Waals surface area contributed by atoms with Crippen molar-refractivity contribution in [3.05, 3.63) is 59.7 Å². The summed E-state index contributed by atoms with van der Waals surface area (Å²) in [6.45, 7) is 2.75. The molecule has 0 aliphatic carbocycles. The number of carbonyl (C=O) groups is 1. The molecule has 0 saturated carbocycles. The van der Waals surface area contributed by atoms with E-state index in [0.29, 0.717) is 23.7 Å². The lowest BCUT2D eigenvalue weighted by molar-refractivity contribution is -0.130. The molecule has 0 bridgehead atoms. The maximum Gasteiger partial charge on any atom is 0.336 e. The number of carboxylic acid groups (broad SMARTS) is 1. The Hall–Kier alpha value is -2.75. The monoisotopic (exact) mass is 340 g/mol. The van der Waals surface area contributed by atoms with Gasteiger partial charge in [-0.15, -0.1) is 0 Å². The molecule has 0 fully saturated rings. The van der Waals surface area contributed by atoms with E-state index >= 15 is 0 Å². The lowest BCUT2D eigenvalue weighted by atomic mass is 10.0. The summed E-state index contributed by atoms with van der Waals surface area (Å²) < 4.78 is 11.1. The molecule has 1 N–H and O–H groups in total. The fourth-order valence-electron chi connectivity index (χ4n) is 2.48. The summed E-state index contributed by atoms with van der Waals surface area (Å²) in [5.41, 5.74) is 1.66. The van der Waals surface area contributed by atoms with Gasteiger partial charge in [0.15, 0.2) is 11.5 Å². The van der Waals surface area contributed by atoms with Gasteiger partial charge in [0.1, 0.15) is 0 Å². The van der Waals surface area contributed by atoms with Gasteiger partial charge in [-0.2, -0.15) is 0 Å². The van der Waals surface area contributed by atoms with Crippen molar-refractivity contribution in [2.75, 3.05) is 13.7 Å². The standard InChI is InChI=1S/C21H24O4/c1-3-4-8-13-25-20-15-16(11-12-19(20)24-2)14-18(21(22)23)17-9-6-5-7-10-17/h5-7,9-12,14-15H,3-4,8,13H2,1-2H3,(H,22,23)/b18-14-. The third kappa shape index (κ3) is 5.38. The first-order valence-corrected chi connectivity index (χ1v) is 8.47. The quantitative estimate of drug-likeness (QED) is 0.401. The van der Waals surface area contributed by atoms with Crippen molar-refractivity contribution in [1.82, 2.24) is 0 Å². The predicted molar refractivity (Wildman–Crippen MR) is 100.0 cm³/mol. The molecule has 0 radical (unpaired) electrons. The molecule has 0 aliphatic rings. The van der Waals surface area contributed by atoms with Crippen LogP contribution in [0, 0.1) is 0 Å². The fourth-order valence-corrected chi connectivity index (χ4v) is 2.48. The molecule has 4 heteroatoms. The number of ether oxygens (including phenoxy) is 2. The highest BCUT2D eigenvalue weighted by Crippen LogP contribution is 2.30. The van der Waals surface area contributed by atoms with Gasteiger partial charge in [-0.25, -0.2) is 4.79 Å². The molecule has 4 nitrogen and oxygen atoms in total. The third-order valence-corrected chi connectivity index (χ3v) is 3.82. The van der Waals surface area contributed by atoms with Gasteiger partial charge in [0.2, 0.25) is 0 Å². The van der Waals surface area contributed by atoms with Crippen LogP contribution in [0.4, 0.5) is 0 Å². The van der Waals surface area contributed by atoms with Crippen LogP contribution in [-0.2, 0) is 4.79 Å². The normalized spacial score (nSPS) is 11.2. The molecule has 0 atom stereocenters. The Balaban J connectivity index is 2.29. The summed E-state index contributed by atoms with van der Waals surface area (Å²) in [5.74, 6) is 0.308. The smallest absolute Gasteiger partial charge is 0.336 e. The fraction of sp³-hybridized carbons (Fsp3) is 0.286. The van der Waals surface area contributed by atoms with Crippen molar-refractivity contribution in [2.45, 2.75) is 26.2 Å². The Morgan fingerprint density at radius 2 is 1.84 bits per heavy atom. The topological polar surface area (TPSA) is 55.8 Å². The Morgan fingerprint density at radius 3 is 2.48 bits per heavy atom. The van der Waals surface area contributed by atoms with Gasteiger partial charge in [0, 0.05) is 0 Å². The first-order chi connectivity index (χ1) is 12.2. The second kappa shape index (κ2) is 9.52. The largest absolute Gasteiger partial charge is 0.493 e. The summed E-state index contributed by atoms with van der Waals surface area (Å²) in [7, 11) is 1.59. The summed E-state index contributed by atoms with van der Waals surface area (Å²) in [4.78, 5) is 11.6. The minimum absolute atomic E-state index is 0.239. The maximum atomic E-state index is 11.6. The van der Waals surface area contributed by atoms with Gasteiger partial charge in [0.25, 0.3) is 0 Å².